The molecule has 2 N–H and O–H groups in total. The lowest BCUT2D eigenvalue weighted by Gasteiger charge is -2.36. The van der Waals surface area contributed by atoms with E-state index in [1.165, 1.54) is 7.05 Å². The van der Waals surface area contributed by atoms with Crippen LogP contribution in [0.2, 0.25) is 10.0 Å². The van der Waals surface area contributed by atoms with Crippen molar-refractivity contribution in [2.45, 2.75) is 18.2 Å². The van der Waals surface area contributed by atoms with E-state index in [0.29, 0.717) is 16.7 Å². The molecular formula is C18H19Cl2N3O3S. The Kier molecular flexibility index (Phi) is 5.33. The van der Waals surface area contributed by atoms with Crippen LogP contribution in [0.15, 0.2) is 40.8 Å². The highest BCUT2D eigenvalue weighted by molar-refractivity contribution is 7.72. The predicted molar refractivity (Wildman–Crippen MR) is 110 cm³/mol. The first-order valence-corrected chi connectivity index (χ1v) is 10.4. The van der Waals surface area contributed by atoms with Gasteiger partial charge in [-0.05, 0) is 36.4 Å². The second-order valence-electron chi connectivity index (χ2n) is 6.50. The van der Waals surface area contributed by atoms with E-state index in [0.717, 1.165) is 21.8 Å². The van der Waals surface area contributed by atoms with Crippen LogP contribution in [0.3, 0.4) is 0 Å². The van der Waals surface area contributed by atoms with Gasteiger partial charge in [-0.2, -0.15) is 0 Å². The fraction of sp³-hybridized carbons (Fsp3) is 0.333. The van der Waals surface area contributed by atoms with Crippen LogP contribution in [0.1, 0.15) is 6.04 Å². The molecule has 4 atom stereocenters. The van der Waals surface area contributed by atoms with Crippen molar-refractivity contribution in [3.05, 3.63) is 46.4 Å². The lowest BCUT2D eigenvalue weighted by atomic mass is 10.0. The number of rotatable bonds is 3. The maximum Gasteiger partial charge on any atom is 0.0965 e. The standard InChI is InChI=1S/C18H19Cl2N3O3S/c1-21-27(25)22-14-8-26-9-17(18(14)24)23-15-4-2-10(19)6-12(15)13-7-11(20)3-5-16(13)23/h2-7,14,17-18,24,27H,8-9H2,1H3,(H,21,22,25)/t14-,17+,18+/m1/s1. The molecule has 9 heteroatoms. The number of halogens is 2. The van der Waals surface area contributed by atoms with Gasteiger partial charge in [0.15, 0.2) is 0 Å². The van der Waals surface area contributed by atoms with Gasteiger partial charge in [-0.25, -0.2) is 13.3 Å². The predicted octanol–water partition coefficient (Wildman–Crippen LogP) is 3.20. The third kappa shape index (κ3) is 3.44. The number of ether oxygens (including phenoxy) is 1. The molecule has 2 aromatic carbocycles. The van der Waals surface area contributed by atoms with Crippen LogP contribution in [0.4, 0.5) is 0 Å². The van der Waals surface area contributed by atoms with E-state index >= 15 is 0 Å². The van der Waals surface area contributed by atoms with Crippen LogP contribution >= 0.6 is 23.2 Å². The average molecular weight is 428 g/mol. The van der Waals surface area contributed by atoms with E-state index in [4.69, 9.17) is 27.9 Å². The number of fused-ring (bicyclic) bond motifs is 3. The minimum absolute atomic E-state index is 0.267. The van der Waals surface area contributed by atoms with E-state index in [1.807, 2.05) is 41.0 Å². The fourth-order valence-electron chi connectivity index (χ4n) is 3.68. The molecule has 1 fully saturated rings. The zero-order valence-electron chi connectivity index (χ0n) is 14.5. The van der Waals surface area contributed by atoms with Crippen molar-refractivity contribution in [1.29, 1.82) is 0 Å². The van der Waals surface area contributed by atoms with E-state index in [2.05, 4.69) is 9.08 Å². The smallest absolute Gasteiger partial charge is 0.0965 e. The fourth-order valence-corrected chi connectivity index (χ4v) is 4.65. The van der Waals surface area contributed by atoms with Gasteiger partial charge in [0.1, 0.15) is 0 Å². The van der Waals surface area contributed by atoms with Crippen molar-refractivity contribution in [1.82, 2.24) is 9.29 Å². The SMILES string of the molecule is C/N=[SH](=O)/N[C@@H]1COC[C@H](n2c3ccc(Cl)cc3c3cc(Cl)ccc32)[C@H]1O. The van der Waals surface area contributed by atoms with Gasteiger partial charge in [0.25, 0.3) is 0 Å². The van der Waals surface area contributed by atoms with Crippen LogP contribution in [-0.4, -0.2) is 46.3 Å². The molecular weight excluding hydrogens is 409 g/mol. The Morgan fingerprint density at radius 3 is 2.30 bits per heavy atom. The largest absolute Gasteiger partial charge is 0.389 e. The van der Waals surface area contributed by atoms with Crippen LogP contribution in [0.25, 0.3) is 21.8 Å². The molecule has 0 amide bonds. The van der Waals surface area contributed by atoms with Gasteiger partial charge in [-0.3, -0.25) is 0 Å². The Morgan fingerprint density at radius 2 is 1.74 bits per heavy atom. The molecule has 0 radical (unpaired) electrons. The van der Waals surface area contributed by atoms with Crippen LogP contribution in [-0.2, 0) is 15.5 Å². The van der Waals surface area contributed by atoms with E-state index < -0.39 is 22.9 Å². The summed E-state index contributed by atoms with van der Waals surface area (Å²) in [6.07, 6.45) is -0.801. The molecule has 1 saturated heterocycles. The quantitative estimate of drug-likeness (QED) is 0.561. The Balaban J connectivity index is 1.88. The van der Waals surface area contributed by atoms with Gasteiger partial charge < -0.3 is 14.4 Å². The minimum atomic E-state index is -1.94. The summed E-state index contributed by atoms with van der Waals surface area (Å²) in [5, 5.41) is 14.2. The highest BCUT2D eigenvalue weighted by atomic mass is 35.5. The Bertz CT molecular complexity index is 1040. The molecule has 27 heavy (non-hydrogen) atoms. The summed E-state index contributed by atoms with van der Waals surface area (Å²) in [5.41, 5.74) is 1.85. The van der Waals surface area contributed by atoms with Gasteiger partial charge >= 0.3 is 0 Å². The summed E-state index contributed by atoms with van der Waals surface area (Å²) < 4.78 is 26.1. The highest BCUT2D eigenvalue weighted by Crippen LogP contribution is 2.37. The summed E-state index contributed by atoms with van der Waals surface area (Å²) in [5.74, 6) is 0. The van der Waals surface area contributed by atoms with Gasteiger partial charge in [0.05, 0.1) is 42.2 Å². The molecule has 1 aromatic heterocycles. The molecule has 4 rings (SSSR count). The number of nitrogens with one attached hydrogen (secondary N) is 1. The third-order valence-electron chi connectivity index (χ3n) is 4.91. The van der Waals surface area contributed by atoms with E-state index in [1.54, 1.807) is 0 Å². The summed E-state index contributed by atoms with van der Waals surface area (Å²) in [6, 6.07) is 10.4. The van der Waals surface area contributed by atoms with Crippen molar-refractivity contribution >= 4 is 55.8 Å². The molecule has 0 aliphatic carbocycles. The summed E-state index contributed by atoms with van der Waals surface area (Å²) >= 11 is 12.4. The van der Waals surface area contributed by atoms with Gasteiger partial charge in [-0.1, -0.05) is 23.2 Å². The number of benzene rings is 2. The Hall–Kier alpha value is -1.35. The van der Waals surface area contributed by atoms with Gasteiger partial charge in [-0.15, -0.1) is 0 Å². The first-order chi connectivity index (χ1) is 13.0. The molecule has 1 aliphatic rings. The monoisotopic (exact) mass is 427 g/mol. The second kappa shape index (κ2) is 7.58. The van der Waals surface area contributed by atoms with Crippen LogP contribution in [0.5, 0.6) is 0 Å². The van der Waals surface area contributed by atoms with Crippen molar-refractivity contribution in [3.8, 4) is 0 Å². The molecule has 0 bridgehead atoms. The number of aromatic nitrogens is 1. The van der Waals surface area contributed by atoms with Crippen molar-refractivity contribution in [2.75, 3.05) is 20.3 Å². The molecule has 1 aliphatic heterocycles. The number of nitrogens with zero attached hydrogens (tertiary/aromatic N) is 2. The molecule has 1 unspecified atom stereocenters. The zero-order valence-corrected chi connectivity index (χ0v) is 16.9. The number of aliphatic hydroxyl groups excluding tert-OH is 1. The minimum Gasteiger partial charge on any atom is -0.389 e. The molecule has 0 spiro atoms. The Morgan fingerprint density at radius 1 is 1.15 bits per heavy atom. The molecule has 3 aromatic rings. The van der Waals surface area contributed by atoms with E-state index in [-0.39, 0.29) is 12.6 Å². The zero-order chi connectivity index (χ0) is 19.1. The maximum absolute atomic E-state index is 11.8. The topological polar surface area (TPSA) is 75.8 Å². The first-order valence-electron chi connectivity index (χ1n) is 8.47. The lowest BCUT2D eigenvalue weighted by Crippen LogP contribution is -2.51. The second-order valence-corrected chi connectivity index (χ2v) is 8.57. The summed E-state index contributed by atoms with van der Waals surface area (Å²) in [6.45, 7) is 0.604. The average Bonchev–Trinajstić information content (AvgIpc) is 2.96. The maximum atomic E-state index is 11.8. The summed E-state index contributed by atoms with van der Waals surface area (Å²) in [7, 11) is -0.469. The third-order valence-corrected chi connectivity index (χ3v) is 6.29. The summed E-state index contributed by atoms with van der Waals surface area (Å²) in [4.78, 5) is 0. The highest BCUT2D eigenvalue weighted by Gasteiger charge is 2.35. The molecule has 2 heterocycles. The number of hydrogen-bond donors (Lipinski definition) is 3. The van der Waals surface area contributed by atoms with Crippen molar-refractivity contribution in [2.24, 2.45) is 4.36 Å². The molecule has 144 valence electrons. The van der Waals surface area contributed by atoms with Gasteiger partial charge in [0.2, 0.25) is 0 Å². The molecule has 6 nitrogen and oxygen atoms in total. The normalized spacial score (nSPS) is 24.7. The van der Waals surface area contributed by atoms with E-state index in [9.17, 15) is 9.32 Å². The first kappa shape index (κ1) is 19.0. The van der Waals surface area contributed by atoms with Crippen molar-refractivity contribution < 1.29 is 14.1 Å². The van der Waals surface area contributed by atoms with Gasteiger partial charge in [0, 0.05) is 38.9 Å². The lowest BCUT2D eigenvalue weighted by molar-refractivity contribution is -0.0457. The number of hydrogen-bond acceptors (Lipinski definition) is 4. The van der Waals surface area contributed by atoms with Crippen LogP contribution in [0, 0.1) is 0 Å². The Labute approximate surface area is 168 Å². The van der Waals surface area contributed by atoms with Crippen molar-refractivity contribution in [3.63, 3.8) is 0 Å². The van der Waals surface area contributed by atoms with Crippen LogP contribution < -0.4 is 4.72 Å². The number of thiol groups is 1. The molecule has 0 saturated carbocycles. The number of aliphatic hydroxyl groups is 1.